The van der Waals surface area contributed by atoms with Gasteiger partial charge in [0.25, 0.3) is 0 Å². The molecule has 0 saturated carbocycles. The molecule has 47 heavy (non-hydrogen) atoms. The van der Waals surface area contributed by atoms with Crippen LogP contribution in [-0.2, 0) is 0 Å². The van der Waals surface area contributed by atoms with Gasteiger partial charge in [-0.25, -0.2) is 0 Å². The van der Waals surface area contributed by atoms with E-state index in [0.29, 0.717) is 44.1 Å². The summed E-state index contributed by atoms with van der Waals surface area (Å²) in [6.45, 7) is 45.7. The lowest BCUT2D eigenvalue weighted by Crippen LogP contribution is -2.84. The van der Waals surface area contributed by atoms with Gasteiger partial charge in [0.15, 0.2) is 0 Å². The Hall–Kier alpha value is -1.44. The number of fused-ring (bicyclic) bond motifs is 1. The second-order valence-electron chi connectivity index (χ2n) is 22.6. The maximum atomic E-state index is 4.70. The van der Waals surface area contributed by atoms with Crippen LogP contribution in [0.1, 0.15) is 144 Å². The first-order chi connectivity index (χ1) is 20.2. The van der Waals surface area contributed by atoms with E-state index in [1.54, 1.807) is 0 Å². The Morgan fingerprint density at radius 2 is 0.851 bits per heavy atom. The highest BCUT2D eigenvalue weighted by Gasteiger charge is 2.86. The molecule has 1 unspecified atom stereocenters. The van der Waals surface area contributed by atoms with Crippen molar-refractivity contribution in [2.75, 3.05) is 42.3 Å². The smallest absolute Gasteiger partial charge is 0.104 e. The SMILES string of the molecule is C#CC#CC#C.CC(C)(C)CC1C(C)(C)[N+](C)(C)C1(C)C.CC(C)(C)CC1C2C(C)(C)[N+](C)(C1(C)C)C2(C)C.CC(C)(C)[N+](C)(C)C. The Kier molecular flexibility index (Phi) is 12.9. The number of hydrogen-bond donors (Lipinski definition) is 0. The first kappa shape index (κ1) is 45.6. The van der Waals surface area contributed by atoms with Crippen molar-refractivity contribution in [3.8, 4) is 36.5 Å². The Bertz CT molecular complexity index is 1150. The second kappa shape index (κ2) is 13.4. The van der Waals surface area contributed by atoms with E-state index in [1.807, 2.05) is 0 Å². The fourth-order valence-corrected chi connectivity index (χ4v) is 9.84. The van der Waals surface area contributed by atoms with E-state index in [0.717, 1.165) is 26.7 Å². The Labute approximate surface area is 297 Å². The average Bonchev–Trinajstić information content (AvgIpc) is 3.03. The number of likely N-dealkylation sites (tertiary alicyclic amines) is 1. The number of quaternary nitrogens is 3. The molecule has 4 saturated heterocycles. The third-order valence-corrected chi connectivity index (χ3v) is 14.7. The first-order valence-corrected chi connectivity index (χ1v) is 18.2. The van der Waals surface area contributed by atoms with Crippen LogP contribution in [0, 0.1) is 65.1 Å². The fourth-order valence-electron chi connectivity index (χ4n) is 9.84. The third kappa shape index (κ3) is 8.14. The molecule has 4 rings (SSSR count). The van der Waals surface area contributed by atoms with Crippen LogP contribution in [0.3, 0.4) is 0 Å². The van der Waals surface area contributed by atoms with E-state index >= 15 is 0 Å². The largest absolute Gasteiger partial charge is 0.327 e. The number of rotatable bonds is 2. The van der Waals surface area contributed by atoms with Crippen molar-refractivity contribution in [2.45, 2.75) is 178 Å². The molecule has 0 aromatic heterocycles. The molecule has 0 aliphatic carbocycles. The summed E-state index contributed by atoms with van der Waals surface area (Å²) in [6, 6.07) is 0. The van der Waals surface area contributed by atoms with Crippen LogP contribution < -0.4 is 0 Å². The minimum atomic E-state index is 0.375. The first-order valence-electron chi connectivity index (χ1n) is 18.2. The predicted molar refractivity (Wildman–Crippen MR) is 211 cm³/mol. The lowest BCUT2D eigenvalue weighted by atomic mass is 9.56. The summed E-state index contributed by atoms with van der Waals surface area (Å²) < 4.78 is 3.40. The summed E-state index contributed by atoms with van der Waals surface area (Å²) in [5.41, 5.74) is 3.34. The van der Waals surface area contributed by atoms with Gasteiger partial charge in [0, 0.05) is 5.92 Å². The molecule has 0 spiro atoms. The molecule has 4 aliphatic heterocycles. The van der Waals surface area contributed by atoms with Crippen LogP contribution in [-0.4, -0.2) is 89.0 Å². The molecule has 272 valence electrons. The van der Waals surface area contributed by atoms with Crippen molar-refractivity contribution in [1.82, 2.24) is 0 Å². The Morgan fingerprint density at radius 1 is 0.553 bits per heavy atom. The van der Waals surface area contributed by atoms with Gasteiger partial charge < -0.3 is 13.4 Å². The molecule has 4 fully saturated rings. The molecule has 0 radical (unpaired) electrons. The van der Waals surface area contributed by atoms with Crippen LogP contribution in [0.25, 0.3) is 0 Å². The molecular formula is C44H84N3+3. The van der Waals surface area contributed by atoms with Gasteiger partial charge in [-0.15, -0.1) is 12.8 Å². The van der Waals surface area contributed by atoms with Gasteiger partial charge in [-0.2, -0.15) is 0 Å². The highest BCUT2D eigenvalue weighted by molar-refractivity contribution is 5.31. The van der Waals surface area contributed by atoms with E-state index < -0.39 is 0 Å². The standard InChI is InChI=1S/C17H34N.C14H30N.C7H18N.C6H2/c1-14(2,3)11-12-13-16(6,7)18(10,15(12,4)5)17(13,8)9;1-12(2,3)10-11-13(4,5)15(8,9)14(11,6)7;1-7(2,3)8(4,5)6;1-3-5-6-4-2/h12-13H,11H2,1-10H3;11H,10H2,1-9H3;1-6H3;1-2H/q3*+1;. The zero-order valence-corrected chi connectivity index (χ0v) is 36.6. The molecule has 0 N–H and O–H groups in total. The van der Waals surface area contributed by atoms with Gasteiger partial charge in [-0.3, -0.25) is 0 Å². The van der Waals surface area contributed by atoms with Gasteiger partial charge >= 0.3 is 0 Å². The van der Waals surface area contributed by atoms with Crippen LogP contribution in [0.2, 0.25) is 0 Å². The Balaban J connectivity index is 0.000000656. The maximum Gasteiger partial charge on any atom is 0.104 e. The zero-order chi connectivity index (χ0) is 38.5. The maximum absolute atomic E-state index is 4.70. The van der Waals surface area contributed by atoms with Gasteiger partial charge in [-0.05, 0) is 137 Å². The van der Waals surface area contributed by atoms with Gasteiger partial charge in [0.2, 0.25) is 0 Å². The van der Waals surface area contributed by atoms with Crippen LogP contribution >= 0.6 is 0 Å². The minimum Gasteiger partial charge on any atom is -0.327 e. The predicted octanol–water partition coefficient (Wildman–Crippen LogP) is 9.90. The van der Waals surface area contributed by atoms with E-state index in [1.165, 1.54) is 17.3 Å². The van der Waals surface area contributed by atoms with Crippen LogP contribution in [0.15, 0.2) is 0 Å². The summed E-state index contributed by atoms with van der Waals surface area (Å²) in [4.78, 5) is 0. The highest BCUT2D eigenvalue weighted by Crippen LogP contribution is 2.73. The lowest BCUT2D eigenvalue weighted by molar-refractivity contribution is -1.06. The van der Waals surface area contributed by atoms with Gasteiger partial charge in [0.1, 0.15) is 22.2 Å². The fraction of sp³-hybridized carbons (Fsp3) is 0.864. The third-order valence-electron chi connectivity index (χ3n) is 14.7. The van der Waals surface area contributed by atoms with Crippen LogP contribution in [0.5, 0.6) is 0 Å². The van der Waals surface area contributed by atoms with E-state index in [2.05, 4.69) is 198 Å². The highest BCUT2D eigenvalue weighted by atomic mass is 15.6. The lowest BCUT2D eigenvalue weighted by Gasteiger charge is -2.71. The normalized spacial score (nSPS) is 28.7. The molecule has 0 amide bonds. The molecule has 4 aliphatic rings. The summed E-state index contributed by atoms with van der Waals surface area (Å²) in [5, 5.41) is 0. The summed E-state index contributed by atoms with van der Waals surface area (Å²) in [7, 11) is 13.9. The molecule has 3 heteroatoms. The molecule has 1 atom stereocenters. The minimum absolute atomic E-state index is 0.375. The Morgan fingerprint density at radius 3 is 1.04 bits per heavy atom. The summed E-state index contributed by atoms with van der Waals surface area (Å²) >= 11 is 0. The van der Waals surface area contributed by atoms with Crippen LogP contribution in [0.4, 0.5) is 0 Å². The van der Waals surface area contributed by atoms with Crippen molar-refractivity contribution >= 4 is 0 Å². The molecule has 0 aromatic carbocycles. The van der Waals surface area contributed by atoms with E-state index in [9.17, 15) is 0 Å². The van der Waals surface area contributed by atoms with Crippen molar-refractivity contribution in [1.29, 1.82) is 0 Å². The molecule has 2 bridgehead atoms. The molecular weight excluding hydrogens is 571 g/mol. The molecule has 3 nitrogen and oxygen atoms in total. The number of nitrogens with zero attached hydrogens (tertiary/aromatic N) is 3. The van der Waals surface area contributed by atoms with E-state index in [-0.39, 0.29) is 0 Å². The quantitative estimate of drug-likeness (QED) is 0.205. The topological polar surface area (TPSA) is 0 Å². The molecule has 0 aromatic rings. The van der Waals surface area contributed by atoms with Crippen molar-refractivity contribution in [3.63, 3.8) is 0 Å². The van der Waals surface area contributed by atoms with Gasteiger partial charge in [-0.1, -0.05) is 41.5 Å². The van der Waals surface area contributed by atoms with E-state index in [4.69, 9.17) is 12.8 Å². The summed E-state index contributed by atoms with van der Waals surface area (Å²) in [6.07, 6.45) is 12.1. The van der Waals surface area contributed by atoms with Crippen molar-refractivity contribution < 1.29 is 13.4 Å². The summed E-state index contributed by atoms with van der Waals surface area (Å²) in [5.74, 6) is 11.1. The monoisotopic (exact) mass is 655 g/mol. The second-order valence-corrected chi connectivity index (χ2v) is 22.6. The average molecular weight is 655 g/mol. The molecule has 4 heterocycles. The van der Waals surface area contributed by atoms with Crippen molar-refractivity contribution in [3.05, 3.63) is 0 Å². The zero-order valence-electron chi connectivity index (χ0n) is 36.6. The number of terminal acetylenes is 2. The van der Waals surface area contributed by atoms with Crippen molar-refractivity contribution in [2.24, 2.45) is 28.6 Å². The number of hydrogen-bond acceptors (Lipinski definition) is 0. The van der Waals surface area contributed by atoms with Gasteiger partial charge in [0.05, 0.1) is 65.2 Å².